The molecular formula is C47H27N3O2. The molecule has 0 saturated carbocycles. The lowest BCUT2D eigenvalue weighted by molar-refractivity contribution is 0.620. The zero-order chi connectivity index (χ0) is 33.9. The molecule has 0 aliphatic heterocycles. The molecule has 0 N–H and O–H groups in total. The lowest BCUT2D eigenvalue weighted by atomic mass is 10.00. The third-order valence-corrected chi connectivity index (χ3v) is 10.7. The summed E-state index contributed by atoms with van der Waals surface area (Å²) in [6.45, 7) is 0. The highest BCUT2D eigenvalue weighted by atomic mass is 16.3. The second-order valence-electron chi connectivity index (χ2n) is 13.5. The van der Waals surface area contributed by atoms with Gasteiger partial charge in [0.05, 0.1) is 27.8 Å². The number of furan rings is 1. The molecule has 0 saturated heterocycles. The average Bonchev–Trinajstić information content (AvgIpc) is 3.96. The smallest absolute Gasteiger partial charge is 0.227 e. The van der Waals surface area contributed by atoms with Gasteiger partial charge in [0.2, 0.25) is 5.89 Å². The van der Waals surface area contributed by atoms with E-state index in [1.54, 1.807) is 0 Å². The third kappa shape index (κ3) is 3.69. The summed E-state index contributed by atoms with van der Waals surface area (Å²) in [4.78, 5) is 4.90. The van der Waals surface area contributed by atoms with Gasteiger partial charge in [-0.1, -0.05) is 103 Å². The molecule has 0 spiro atoms. The molecule has 4 heterocycles. The Bertz CT molecular complexity index is 3380. The van der Waals surface area contributed by atoms with E-state index < -0.39 is 0 Å². The van der Waals surface area contributed by atoms with Crippen LogP contribution in [0.15, 0.2) is 173 Å². The topological polar surface area (TPSA) is 49.0 Å². The summed E-state index contributed by atoms with van der Waals surface area (Å²) < 4.78 is 18.1. The minimum absolute atomic E-state index is 0.603. The van der Waals surface area contributed by atoms with Gasteiger partial charge in [-0.3, -0.25) is 0 Å². The van der Waals surface area contributed by atoms with Gasteiger partial charge in [-0.15, -0.1) is 0 Å². The van der Waals surface area contributed by atoms with Crippen molar-refractivity contribution in [2.45, 2.75) is 0 Å². The Labute approximate surface area is 296 Å². The molecule has 0 radical (unpaired) electrons. The van der Waals surface area contributed by atoms with Crippen LogP contribution in [0.4, 0.5) is 0 Å². The van der Waals surface area contributed by atoms with E-state index in [2.05, 4.69) is 149 Å². The first-order valence-electron chi connectivity index (χ1n) is 17.6. The molecule has 0 atom stereocenters. The van der Waals surface area contributed by atoms with Crippen molar-refractivity contribution in [2.75, 3.05) is 0 Å². The van der Waals surface area contributed by atoms with E-state index in [9.17, 15) is 0 Å². The van der Waals surface area contributed by atoms with Gasteiger partial charge in [-0.2, -0.15) is 0 Å². The molecule has 4 aromatic heterocycles. The molecule has 0 fully saturated rings. The maximum absolute atomic E-state index is 7.01. The van der Waals surface area contributed by atoms with Gasteiger partial charge >= 0.3 is 0 Å². The number of hydrogen-bond donors (Lipinski definition) is 0. The van der Waals surface area contributed by atoms with Gasteiger partial charge in [0.1, 0.15) is 11.1 Å². The van der Waals surface area contributed by atoms with E-state index in [0.717, 1.165) is 71.8 Å². The van der Waals surface area contributed by atoms with Crippen LogP contribution in [0.5, 0.6) is 0 Å². The van der Waals surface area contributed by atoms with Crippen molar-refractivity contribution < 1.29 is 8.83 Å². The van der Waals surface area contributed by atoms with E-state index in [0.29, 0.717) is 5.89 Å². The number of nitrogens with zero attached hydrogens (tertiary/aromatic N) is 3. The fourth-order valence-electron chi connectivity index (χ4n) is 8.49. The molecule has 12 rings (SSSR count). The fourth-order valence-corrected chi connectivity index (χ4v) is 8.49. The Morgan fingerprint density at radius 3 is 1.75 bits per heavy atom. The normalized spacial score (nSPS) is 12.2. The number of aromatic nitrogens is 3. The number of benzene rings is 8. The Kier molecular flexibility index (Phi) is 5.44. The van der Waals surface area contributed by atoms with Crippen molar-refractivity contribution in [1.82, 2.24) is 14.1 Å². The van der Waals surface area contributed by atoms with E-state index in [-0.39, 0.29) is 0 Å². The van der Waals surface area contributed by atoms with Crippen LogP contribution in [0.3, 0.4) is 0 Å². The minimum Gasteiger partial charge on any atom is -0.453 e. The fraction of sp³-hybridized carbons (Fsp3) is 0. The number of para-hydroxylation sites is 6. The molecule has 0 aliphatic rings. The predicted molar refractivity (Wildman–Crippen MR) is 213 cm³/mol. The first-order chi connectivity index (χ1) is 25.8. The van der Waals surface area contributed by atoms with Crippen LogP contribution in [-0.4, -0.2) is 14.1 Å². The first-order valence-corrected chi connectivity index (χ1v) is 17.6. The molecule has 12 aromatic rings. The van der Waals surface area contributed by atoms with E-state index >= 15 is 0 Å². The van der Waals surface area contributed by atoms with Crippen LogP contribution < -0.4 is 0 Å². The molecule has 0 aliphatic carbocycles. The summed E-state index contributed by atoms with van der Waals surface area (Å²) in [5.41, 5.74) is 11.0. The van der Waals surface area contributed by atoms with Crippen molar-refractivity contribution in [1.29, 1.82) is 0 Å². The van der Waals surface area contributed by atoms with E-state index in [1.807, 2.05) is 24.3 Å². The third-order valence-electron chi connectivity index (χ3n) is 10.7. The quantitative estimate of drug-likeness (QED) is 0.189. The Hall–Kier alpha value is -7.11. The van der Waals surface area contributed by atoms with Crippen LogP contribution in [0.1, 0.15) is 0 Å². The molecule has 8 aromatic carbocycles. The van der Waals surface area contributed by atoms with Crippen molar-refractivity contribution in [3.8, 4) is 22.8 Å². The van der Waals surface area contributed by atoms with E-state index in [1.165, 1.54) is 32.6 Å². The highest BCUT2D eigenvalue weighted by Crippen LogP contribution is 2.44. The predicted octanol–water partition coefficient (Wildman–Crippen LogP) is 12.7. The van der Waals surface area contributed by atoms with Crippen molar-refractivity contribution in [3.05, 3.63) is 164 Å². The lowest BCUT2D eigenvalue weighted by Crippen LogP contribution is -1.95. The summed E-state index contributed by atoms with van der Waals surface area (Å²) in [6.07, 6.45) is 0. The zero-order valence-electron chi connectivity index (χ0n) is 27.7. The van der Waals surface area contributed by atoms with Gasteiger partial charge in [0, 0.05) is 49.0 Å². The van der Waals surface area contributed by atoms with Crippen LogP contribution >= 0.6 is 0 Å². The Balaban J connectivity index is 1.18. The van der Waals surface area contributed by atoms with Crippen LogP contribution in [0, 0.1) is 0 Å². The summed E-state index contributed by atoms with van der Waals surface area (Å²) in [6, 6.07) is 57.7. The lowest BCUT2D eigenvalue weighted by Gasteiger charge is -2.09. The second-order valence-corrected chi connectivity index (χ2v) is 13.5. The molecule has 0 unspecified atom stereocenters. The number of rotatable bonds is 3. The van der Waals surface area contributed by atoms with Crippen LogP contribution in [-0.2, 0) is 0 Å². The van der Waals surface area contributed by atoms with Crippen molar-refractivity contribution in [3.63, 3.8) is 0 Å². The molecular weight excluding hydrogens is 639 g/mol. The molecule has 0 bridgehead atoms. The second kappa shape index (κ2) is 10.2. The number of fused-ring (bicyclic) bond motifs is 12. The highest BCUT2D eigenvalue weighted by Gasteiger charge is 2.23. The van der Waals surface area contributed by atoms with Crippen LogP contribution in [0.25, 0.3) is 110 Å². The number of hydrogen-bond acceptors (Lipinski definition) is 3. The zero-order valence-corrected chi connectivity index (χ0v) is 27.7. The molecule has 5 heteroatoms. The van der Waals surface area contributed by atoms with Gasteiger partial charge in [0.15, 0.2) is 11.2 Å². The average molecular weight is 666 g/mol. The van der Waals surface area contributed by atoms with Crippen molar-refractivity contribution in [2.24, 2.45) is 0 Å². The Morgan fingerprint density at radius 1 is 0.385 bits per heavy atom. The highest BCUT2D eigenvalue weighted by molar-refractivity contribution is 6.22. The minimum atomic E-state index is 0.603. The Morgan fingerprint density at radius 2 is 0.981 bits per heavy atom. The molecule has 0 amide bonds. The van der Waals surface area contributed by atoms with E-state index in [4.69, 9.17) is 13.8 Å². The largest absolute Gasteiger partial charge is 0.453 e. The first kappa shape index (κ1) is 27.7. The van der Waals surface area contributed by atoms with Gasteiger partial charge in [0.25, 0.3) is 0 Å². The van der Waals surface area contributed by atoms with Gasteiger partial charge < -0.3 is 18.0 Å². The maximum Gasteiger partial charge on any atom is 0.227 e. The molecule has 52 heavy (non-hydrogen) atoms. The summed E-state index contributed by atoms with van der Waals surface area (Å²) >= 11 is 0. The summed E-state index contributed by atoms with van der Waals surface area (Å²) in [5, 5.41) is 8.96. The summed E-state index contributed by atoms with van der Waals surface area (Å²) in [5.74, 6) is 0.603. The maximum atomic E-state index is 7.01. The number of oxazole rings is 1. The van der Waals surface area contributed by atoms with Crippen LogP contribution in [0.2, 0.25) is 0 Å². The molecule has 242 valence electrons. The standard InChI is InChI=1S/C47H27N3O2/c1-2-13-28(14-3-1)49-39-21-9-6-16-30(39)34-27-43-35(26-42(34)49)31-17-7-10-22-40(31)50(43)41-23-12-19-33-36-25-37(47-48-38-20-8-11-24-44(38)51-47)29-15-4-5-18-32(29)45(36)52-46(33)41/h1-27H. The SMILES string of the molecule is c1ccc(-n2c3ccccc3c3cc4c(cc32)c2ccccc2n4-c2cccc3c2oc2c4ccccc4c(-c4nc5ccccc5o4)cc32)cc1. The monoisotopic (exact) mass is 665 g/mol. The van der Waals surface area contributed by atoms with Crippen molar-refractivity contribution >= 4 is 87.4 Å². The molecule has 5 nitrogen and oxygen atoms in total. The van der Waals surface area contributed by atoms with Gasteiger partial charge in [-0.25, -0.2) is 4.98 Å². The van der Waals surface area contributed by atoms with Gasteiger partial charge in [-0.05, 0) is 66.0 Å². The summed E-state index contributed by atoms with van der Waals surface area (Å²) in [7, 11) is 0.